The van der Waals surface area contributed by atoms with E-state index in [9.17, 15) is 9.59 Å². The molecule has 3 aliphatic rings. The van der Waals surface area contributed by atoms with E-state index in [-0.39, 0.29) is 24.0 Å². The molecule has 0 bridgehead atoms. The average molecular weight is 373 g/mol. The lowest BCUT2D eigenvalue weighted by atomic mass is 9.86. The monoisotopic (exact) mass is 373 g/mol. The van der Waals surface area contributed by atoms with Crippen LogP contribution < -0.4 is 25.0 Å². The zero-order valence-corrected chi connectivity index (χ0v) is 15.7. The molecular formula is C20H27N3O4. The van der Waals surface area contributed by atoms with Gasteiger partial charge in [-0.1, -0.05) is 19.8 Å². The predicted octanol–water partition coefficient (Wildman–Crippen LogP) is 2.44. The van der Waals surface area contributed by atoms with E-state index in [4.69, 9.17) is 9.47 Å². The molecule has 0 radical (unpaired) electrons. The van der Waals surface area contributed by atoms with E-state index in [2.05, 4.69) is 17.6 Å². The zero-order valence-electron chi connectivity index (χ0n) is 15.7. The molecule has 3 atom stereocenters. The Bertz CT molecular complexity index is 723. The second kappa shape index (κ2) is 7.66. The van der Waals surface area contributed by atoms with Crippen LogP contribution in [0, 0.1) is 5.92 Å². The van der Waals surface area contributed by atoms with Gasteiger partial charge in [-0.25, -0.2) is 4.79 Å². The van der Waals surface area contributed by atoms with Gasteiger partial charge in [0.15, 0.2) is 11.5 Å². The summed E-state index contributed by atoms with van der Waals surface area (Å²) in [4.78, 5) is 26.5. The summed E-state index contributed by atoms with van der Waals surface area (Å²) < 4.78 is 11.1. The van der Waals surface area contributed by atoms with Crippen LogP contribution in [0.3, 0.4) is 0 Å². The van der Waals surface area contributed by atoms with Crippen molar-refractivity contribution in [2.24, 2.45) is 5.92 Å². The van der Waals surface area contributed by atoms with Crippen LogP contribution in [0.15, 0.2) is 18.2 Å². The van der Waals surface area contributed by atoms with Gasteiger partial charge in [0.25, 0.3) is 0 Å². The first-order valence-corrected chi connectivity index (χ1v) is 9.87. The SMILES string of the molecule is C[C@H]1CCCC[C@H]1NC(=O)N[C@@H]1CC(=O)N(c2ccc3c(c2)OCCO3)C1. The number of hydrogen-bond donors (Lipinski definition) is 2. The molecule has 3 amide bonds. The third-order valence-corrected chi connectivity index (χ3v) is 5.73. The molecule has 1 aliphatic carbocycles. The quantitative estimate of drug-likeness (QED) is 0.853. The molecule has 4 rings (SSSR count). The molecule has 2 heterocycles. The summed E-state index contributed by atoms with van der Waals surface area (Å²) in [7, 11) is 0. The van der Waals surface area contributed by atoms with Crippen LogP contribution in [0.5, 0.6) is 11.5 Å². The average Bonchev–Trinajstić information content (AvgIpc) is 3.03. The molecule has 1 aromatic carbocycles. The van der Waals surface area contributed by atoms with Crippen molar-refractivity contribution in [1.29, 1.82) is 0 Å². The van der Waals surface area contributed by atoms with Crippen molar-refractivity contribution in [3.8, 4) is 11.5 Å². The van der Waals surface area contributed by atoms with E-state index >= 15 is 0 Å². The maximum Gasteiger partial charge on any atom is 0.315 e. The zero-order chi connectivity index (χ0) is 18.8. The summed E-state index contributed by atoms with van der Waals surface area (Å²) >= 11 is 0. The number of anilines is 1. The first kappa shape index (κ1) is 17.9. The molecule has 2 aliphatic heterocycles. The second-order valence-electron chi connectivity index (χ2n) is 7.72. The maximum absolute atomic E-state index is 12.5. The Labute approximate surface area is 159 Å². The van der Waals surface area contributed by atoms with Gasteiger partial charge in [0, 0.05) is 30.8 Å². The van der Waals surface area contributed by atoms with Gasteiger partial charge in [-0.05, 0) is 30.9 Å². The molecule has 0 unspecified atom stereocenters. The number of carbonyl (C=O) groups is 2. The lowest BCUT2D eigenvalue weighted by molar-refractivity contribution is -0.117. The van der Waals surface area contributed by atoms with Crippen molar-refractivity contribution >= 4 is 17.6 Å². The summed E-state index contributed by atoms with van der Waals surface area (Å²) in [5.41, 5.74) is 0.773. The molecule has 1 saturated carbocycles. The summed E-state index contributed by atoms with van der Waals surface area (Å²) in [5.74, 6) is 1.87. The molecule has 7 nitrogen and oxygen atoms in total. The highest BCUT2D eigenvalue weighted by Crippen LogP contribution is 2.35. The third kappa shape index (κ3) is 3.96. The van der Waals surface area contributed by atoms with Crippen molar-refractivity contribution in [3.63, 3.8) is 0 Å². The van der Waals surface area contributed by atoms with Crippen LogP contribution in [-0.4, -0.2) is 43.8 Å². The van der Waals surface area contributed by atoms with Gasteiger partial charge >= 0.3 is 6.03 Å². The first-order valence-electron chi connectivity index (χ1n) is 9.87. The smallest absolute Gasteiger partial charge is 0.315 e. The molecule has 2 fully saturated rings. The van der Waals surface area contributed by atoms with E-state index in [0.717, 1.165) is 24.9 Å². The Morgan fingerprint density at radius 2 is 1.89 bits per heavy atom. The van der Waals surface area contributed by atoms with Crippen molar-refractivity contribution < 1.29 is 19.1 Å². The van der Waals surface area contributed by atoms with Gasteiger partial charge in [0.1, 0.15) is 13.2 Å². The number of benzene rings is 1. The number of urea groups is 1. The van der Waals surface area contributed by atoms with Crippen molar-refractivity contribution in [2.45, 2.75) is 51.1 Å². The Morgan fingerprint density at radius 3 is 2.70 bits per heavy atom. The Kier molecular flexibility index (Phi) is 5.09. The minimum Gasteiger partial charge on any atom is -0.486 e. The number of nitrogens with zero attached hydrogens (tertiary/aromatic N) is 1. The fourth-order valence-electron chi connectivity index (χ4n) is 4.18. The second-order valence-corrected chi connectivity index (χ2v) is 7.72. The van der Waals surface area contributed by atoms with Crippen LogP contribution in [0.1, 0.15) is 39.0 Å². The van der Waals surface area contributed by atoms with Gasteiger partial charge < -0.3 is 25.0 Å². The Balaban J connectivity index is 1.35. The van der Waals surface area contributed by atoms with E-state index in [1.807, 2.05) is 18.2 Å². The summed E-state index contributed by atoms with van der Waals surface area (Å²) in [5, 5.41) is 6.06. The summed E-state index contributed by atoms with van der Waals surface area (Å²) in [6.07, 6.45) is 4.89. The van der Waals surface area contributed by atoms with Gasteiger partial charge in [-0.3, -0.25) is 4.79 Å². The fourth-order valence-corrected chi connectivity index (χ4v) is 4.18. The molecule has 0 spiro atoms. The predicted molar refractivity (Wildman–Crippen MR) is 101 cm³/mol. The van der Waals surface area contributed by atoms with Crippen molar-refractivity contribution in [1.82, 2.24) is 10.6 Å². The molecular weight excluding hydrogens is 346 g/mol. The minimum absolute atomic E-state index is 0.00279. The molecule has 146 valence electrons. The highest BCUT2D eigenvalue weighted by atomic mass is 16.6. The number of carbonyl (C=O) groups excluding carboxylic acids is 2. The lowest BCUT2D eigenvalue weighted by Crippen LogP contribution is -2.49. The van der Waals surface area contributed by atoms with Gasteiger partial charge in [0.2, 0.25) is 5.91 Å². The van der Waals surface area contributed by atoms with Crippen molar-refractivity contribution in [3.05, 3.63) is 18.2 Å². The summed E-state index contributed by atoms with van der Waals surface area (Å²) in [6.45, 7) is 3.70. The standard InChI is InChI=1S/C20H27N3O4/c1-13-4-2-3-5-16(13)22-20(25)21-14-10-19(24)23(12-14)15-6-7-17-18(11-15)27-9-8-26-17/h6-7,11,13-14,16H,2-5,8-10,12H2,1H3,(H2,21,22,25)/t13-,14+,16+/m0/s1. The molecule has 0 aromatic heterocycles. The highest BCUT2D eigenvalue weighted by Gasteiger charge is 2.33. The number of rotatable bonds is 3. The number of ether oxygens (including phenoxy) is 2. The maximum atomic E-state index is 12.5. The van der Waals surface area contributed by atoms with Gasteiger partial charge in [-0.15, -0.1) is 0 Å². The largest absolute Gasteiger partial charge is 0.486 e. The Morgan fingerprint density at radius 1 is 1.11 bits per heavy atom. The van der Waals surface area contributed by atoms with Crippen molar-refractivity contribution in [2.75, 3.05) is 24.7 Å². The van der Waals surface area contributed by atoms with Crippen LogP contribution in [0.4, 0.5) is 10.5 Å². The number of amides is 3. The minimum atomic E-state index is -0.190. The normalized spacial score (nSPS) is 27.4. The number of hydrogen-bond acceptors (Lipinski definition) is 4. The lowest BCUT2D eigenvalue weighted by Gasteiger charge is -2.30. The molecule has 1 saturated heterocycles. The molecule has 27 heavy (non-hydrogen) atoms. The fraction of sp³-hybridized carbons (Fsp3) is 0.600. The van der Waals surface area contributed by atoms with Gasteiger partial charge in [-0.2, -0.15) is 0 Å². The Hall–Kier alpha value is -2.44. The van der Waals surface area contributed by atoms with Crippen LogP contribution >= 0.6 is 0 Å². The highest BCUT2D eigenvalue weighted by molar-refractivity contribution is 5.97. The molecule has 1 aromatic rings. The van der Waals surface area contributed by atoms with E-state index < -0.39 is 0 Å². The number of fused-ring (bicyclic) bond motifs is 1. The van der Waals surface area contributed by atoms with E-state index in [1.54, 1.807) is 4.90 Å². The van der Waals surface area contributed by atoms with E-state index in [1.165, 1.54) is 6.42 Å². The first-order chi connectivity index (χ1) is 13.1. The molecule has 7 heteroatoms. The van der Waals surface area contributed by atoms with Gasteiger partial charge in [0.05, 0.1) is 6.04 Å². The van der Waals surface area contributed by atoms with Crippen LogP contribution in [0.2, 0.25) is 0 Å². The summed E-state index contributed by atoms with van der Waals surface area (Å²) in [6, 6.07) is 5.38. The third-order valence-electron chi connectivity index (χ3n) is 5.73. The molecule has 2 N–H and O–H groups in total. The van der Waals surface area contributed by atoms with E-state index in [0.29, 0.717) is 43.6 Å². The van der Waals surface area contributed by atoms with Crippen LogP contribution in [-0.2, 0) is 4.79 Å². The topological polar surface area (TPSA) is 79.9 Å². The number of nitrogens with one attached hydrogen (secondary N) is 2. The van der Waals surface area contributed by atoms with Crippen LogP contribution in [0.25, 0.3) is 0 Å².